The summed E-state index contributed by atoms with van der Waals surface area (Å²) in [6, 6.07) is 3.87. The summed E-state index contributed by atoms with van der Waals surface area (Å²) in [6.45, 7) is 4.98. The zero-order valence-electron chi connectivity index (χ0n) is 13.5. The molecular formula is C16H19N3O4. The molecule has 1 unspecified atom stereocenters. The minimum Gasteiger partial charge on any atom is -0.344 e. The van der Waals surface area contributed by atoms with Gasteiger partial charge in [-0.25, -0.2) is 0 Å². The average molecular weight is 317 g/mol. The fraction of sp³-hybridized carbons (Fsp3) is 0.375. The molecule has 1 atom stereocenters. The molecular weight excluding hydrogens is 298 g/mol. The van der Waals surface area contributed by atoms with E-state index in [0.29, 0.717) is 11.3 Å². The second kappa shape index (κ2) is 6.20. The van der Waals surface area contributed by atoms with Gasteiger partial charge in [0.15, 0.2) is 0 Å². The highest BCUT2D eigenvalue weighted by atomic mass is 16.2. The van der Waals surface area contributed by atoms with Crippen molar-refractivity contribution in [2.24, 2.45) is 5.92 Å². The van der Waals surface area contributed by atoms with Gasteiger partial charge in [0.25, 0.3) is 11.8 Å². The van der Waals surface area contributed by atoms with Crippen molar-refractivity contribution in [3.05, 3.63) is 29.3 Å². The second-order valence-corrected chi connectivity index (χ2v) is 5.84. The lowest BCUT2D eigenvalue weighted by Gasteiger charge is -2.21. The van der Waals surface area contributed by atoms with E-state index in [1.54, 1.807) is 6.07 Å². The lowest BCUT2D eigenvalue weighted by Crippen LogP contribution is -2.46. The molecule has 0 bridgehead atoms. The fourth-order valence-corrected chi connectivity index (χ4v) is 2.41. The van der Waals surface area contributed by atoms with E-state index in [2.05, 4.69) is 10.6 Å². The van der Waals surface area contributed by atoms with Gasteiger partial charge in [0.2, 0.25) is 11.8 Å². The molecule has 0 spiro atoms. The van der Waals surface area contributed by atoms with Gasteiger partial charge in [-0.2, -0.15) is 0 Å². The van der Waals surface area contributed by atoms with E-state index < -0.39 is 11.9 Å². The number of amides is 4. The van der Waals surface area contributed by atoms with Gasteiger partial charge in [0.1, 0.15) is 6.04 Å². The van der Waals surface area contributed by atoms with Gasteiger partial charge in [-0.3, -0.25) is 24.1 Å². The minimum atomic E-state index is -0.680. The maximum atomic E-state index is 12.3. The summed E-state index contributed by atoms with van der Waals surface area (Å²) < 4.78 is 0. The molecule has 0 fully saturated rings. The smallest absolute Gasteiger partial charge is 0.261 e. The van der Waals surface area contributed by atoms with Crippen LogP contribution >= 0.6 is 0 Å². The SMILES string of the molecule is CC(=O)NC(C(=O)Nc1ccc2c(c1)C(=O)N(C)C2=O)C(C)C. The molecule has 0 saturated carbocycles. The third-order valence-electron chi connectivity index (χ3n) is 3.67. The first-order valence-corrected chi connectivity index (χ1v) is 7.26. The molecule has 1 aromatic rings. The lowest BCUT2D eigenvalue weighted by molar-refractivity contribution is -0.126. The predicted octanol–water partition coefficient (Wildman–Crippen LogP) is 1.01. The normalized spacial score (nSPS) is 14.7. The van der Waals surface area contributed by atoms with Crippen molar-refractivity contribution in [3.8, 4) is 0 Å². The lowest BCUT2D eigenvalue weighted by atomic mass is 10.0. The predicted molar refractivity (Wildman–Crippen MR) is 83.9 cm³/mol. The molecule has 4 amide bonds. The van der Waals surface area contributed by atoms with E-state index in [-0.39, 0.29) is 29.2 Å². The van der Waals surface area contributed by atoms with Gasteiger partial charge in [-0.1, -0.05) is 13.8 Å². The number of imide groups is 1. The molecule has 2 N–H and O–H groups in total. The number of carbonyl (C=O) groups excluding carboxylic acids is 4. The fourth-order valence-electron chi connectivity index (χ4n) is 2.41. The molecule has 0 saturated heterocycles. The van der Waals surface area contributed by atoms with Crippen LogP contribution in [0.2, 0.25) is 0 Å². The van der Waals surface area contributed by atoms with Crippen LogP contribution in [0, 0.1) is 5.92 Å². The Labute approximate surface area is 134 Å². The number of rotatable bonds is 4. The Balaban J connectivity index is 2.21. The first-order chi connectivity index (χ1) is 10.7. The van der Waals surface area contributed by atoms with E-state index in [9.17, 15) is 19.2 Å². The highest BCUT2D eigenvalue weighted by molar-refractivity contribution is 6.21. The van der Waals surface area contributed by atoms with Crippen molar-refractivity contribution in [1.82, 2.24) is 10.2 Å². The third kappa shape index (κ3) is 3.23. The summed E-state index contributed by atoms with van der Waals surface area (Å²) in [4.78, 5) is 48.3. The van der Waals surface area contributed by atoms with Crippen molar-refractivity contribution < 1.29 is 19.2 Å². The Morgan fingerprint density at radius 3 is 2.26 bits per heavy atom. The first kappa shape index (κ1) is 16.7. The number of fused-ring (bicyclic) bond motifs is 1. The molecule has 1 aliphatic heterocycles. The number of anilines is 1. The molecule has 122 valence electrons. The summed E-state index contributed by atoms with van der Waals surface area (Å²) >= 11 is 0. The number of carbonyl (C=O) groups is 4. The van der Waals surface area contributed by atoms with E-state index in [1.165, 1.54) is 26.1 Å². The number of nitrogens with zero attached hydrogens (tertiary/aromatic N) is 1. The standard InChI is InChI=1S/C16H19N3O4/c1-8(2)13(17-9(3)20)14(21)18-10-5-6-11-12(7-10)16(23)19(4)15(11)22/h5-8,13H,1-4H3,(H,17,20)(H,18,21). The molecule has 2 rings (SSSR count). The number of nitrogens with one attached hydrogen (secondary N) is 2. The van der Waals surface area contributed by atoms with Gasteiger partial charge < -0.3 is 10.6 Å². The van der Waals surface area contributed by atoms with Crippen LogP contribution in [0.1, 0.15) is 41.5 Å². The van der Waals surface area contributed by atoms with Crippen LogP contribution in [-0.2, 0) is 9.59 Å². The molecule has 0 aromatic heterocycles. The van der Waals surface area contributed by atoms with E-state index >= 15 is 0 Å². The average Bonchev–Trinajstić information content (AvgIpc) is 2.69. The van der Waals surface area contributed by atoms with Crippen LogP contribution in [0.4, 0.5) is 5.69 Å². The Morgan fingerprint density at radius 1 is 1.09 bits per heavy atom. The summed E-state index contributed by atoms with van der Waals surface area (Å²) in [6.07, 6.45) is 0. The van der Waals surface area contributed by atoms with Crippen molar-refractivity contribution >= 4 is 29.3 Å². The Bertz CT molecular complexity index is 697. The van der Waals surface area contributed by atoms with E-state index in [4.69, 9.17) is 0 Å². The second-order valence-electron chi connectivity index (χ2n) is 5.84. The summed E-state index contributed by atoms with van der Waals surface area (Å²) in [5.74, 6) is -1.53. The molecule has 0 radical (unpaired) electrons. The van der Waals surface area contributed by atoms with Crippen molar-refractivity contribution in [3.63, 3.8) is 0 Å². The largest absolute Gasteiger partial charge is 0.344 e. The highest BCUT2D eigenvalue weighted by Gasteiger charge is 2.33. The maximum absolute atomic E-state index is 12.3. The minimum absolute atomic E-state index is 0.0947. The molecule has 23 heavy (non-hydrogen) atoms. The molecule has 1 aliphatic rings. The summed E-state index contributed by atoms with van der Waals surface area (Å²) in [5, 5.41) is 5.27. The zero-order valence-corrected chi connectivity index (χ0v) is 13.5. The Hall–Kier alpha value is -2.70. The van der Waals surface area contributed by atoms with Crippen LogP contribution in [0.15, 0.2) is 18.2 Å². The number of benzene rings is 1. The topological polar surface area (TPSA) is 95.6 Å². The highest BCUT2D eigenvalue weighted by Crippen LogP contribution is 2.25. The zero-order chi connectivity index (χ0) is 17.3. The molecule has 1 aromatic carbocycles. The van der Waals surface area contributed by atoms with E-state index in [1.807, 2.05) is 13.8 Å². The van der Waals surface area contributed by atoms with Gasteiger partial charge in [0.05, 0.1) is 11.1 Å². The van der Waals surface area contributed by atoms with E-state index in [0.717, 1.165) is 4.90 Å². The van der Waals surface area contributed by atoms with Gasteiger partial charge >= 0.3 is 0 Å². The van der Waals surface area contributed by atoms with Crippen molar-refractivity contribution in [1.29, 1.82) is 0 Å². The molecule has 0 aliphatic carbocycles. The monoisotopic (exact) mass is 317 g/mol. The van der Waals surface area contributed by atoms with Crippen molar-refractivity contribution in [2.45, 2.75) is 26.8 Å². The van der Waals surface area contributed by atoms with Crippen LogP contribution in [0.5, 0.6) is 0 Å². The van der Waals surface area contributed by atoms with Crippen LogP contribution < -0.4 is 10.6 Å². The molecule has 7 nitrogen and oxygen atoms in total. The Morgan fingerprint density at radius 2 is 1.70 bits per heavy atom. The molecule has 1 heterocycles. The summed E-state index contributed by atoms with van der Waals surface area (Å²) in [7, 11) is 1.41. The van der Waals surface area contributed by atoms with Crippen LogP contribution in [-0.4, -0.2) is 41.6 Å². The number of hydrogen-bond acceptors (Lipinski definition) is 4. The summed E-state index contributed by atoms with van der Waals surface area (Å²) in [5.41, 5.74) is 0.981. The van der Waals surface area contributed by atoms with Crippen LogP contribution in [0.3, 0.4) is 0 Å². The molecule has 7 heteroatoms. The number of hydrogen-bond donors (Lipinski definition) is 2. The van der Waals surface area contributed by atoms with Gasteiger partial charge in [-0.15, -0.1) is 0 Å². The van der Waals surface area contributed by atoms with Gasteiger partial charge in [0, 0.05) is 19.7 Å². The van der Waals surface area contributed by atoms with Gasteiger partial charge in [-0.05, 0) is 24.1 Å². The Kier molecular flexibility index (Phi) is 4.49. The maximum Gasteiger partial charge on any atom is 0.261 e. The van der Waals surface area contributed by atoms with Crippen molar-refractivity contribution in [2.75, 3.05) is 12.4 Å². The quantitative estimate of drug-likeness (QED) is 0.810. The third-order valence-corrected chi connectivity index (χ3v) is 3.67. The first-order valence-electron chi connectivity index (χ1n) is 7.26. The van der Waals surface area contributed by atoms with Crippen LogP contribution in [0.25, 0.3) is 0 Å².